The van der Waals surface area contributed by atoms with Crippen LogP contribution in [0.25, 0.3) is 0 Å². The maximum atomic E-state index is 9.95. The summed E-state index contributed by atoms with van der Waals surface area (Å²) < 4.78 is 0. The molecule has 3 rings (SSSR count). The van der Waals surface area contributed by atoms with E-state index in [0.717, 1.165) is 5.92 Å². The average Bonchev–Trinajstić information content (AvgIpc) is 1.72. The molecule has 1 nitrogen and oxygen atoms in total. The Bertz CT molecular complexity index is 141. The van der Waals surface area contributed by atoms with Gasteiger partial charge in [-0.1, -0.05) is 6.92 Å². The smallest absolute Gasteiger partial charge is 0.0673 e. The van der Waals surface area contributed by atoms with E-state index in [-0.39, 0.29) is 5.60 Å². The monoisotopic (exact) mass is 140 g/mol. The molecule has 0 unspecified atom stereocenters. The van der Waals surface area contributed by atoms with E-state index in [0.29, 0.717) is 11.8 Å². The van der Waals surface area contributed by atoms with Crippen LogP contribution in [0.2, 0.25) is 0 Å². The Morgan fingerprint density at radius 2 is 1.90 bits per heavy atom. The van der Waals surface area contributed by atoms with Crippen LogP contribution in [0.5, 0.6) is 0 Å². The average molecular weight is 140 g/mol. The first-order valence-electron chi connectivity index (χ1n) is 4.33. The lowest BCUT2D eigenvalue weighted by atomic mass is 9.54. The topological polar surface area (TPSA) is 20.2 Å². The van der Waals surface area contributed by atoms with Crippen LogP contribution in [-0.4, -0.2) is 10.7 Å². The summed E-state index contributed by atoms with van der Waals surface area (Å²) in [5.41, 5.74) is -0.339. The van der Waals surface area contributed by atoms with Gasteiger partial charge in [-0.05, 0) is 43.9 Å². The zero-order chi connectivity index (χ0) is 7.35. The van der Waals surface area contributed by atoms with E-state index >= 15 is 0 Å². The second kappa shape index (κ2) is 1.76. The molecular weight excluding hydrogens is 124 g/mol. The van der Waals surface area contributed by atoms with Gasteiger partial charge in [0.25, 0.3) is 0 Å². The Hall–Kier alpha value is -0.0400. The molecule has 0 heterocycles. The van der Waals surface area contributed by atoms with Crippen LogP contribution in [0, 0.1) is 17.8 Å². The highest BCUT2D eigenvalue weighted by Gasteiger charge is 2.50. The molecule has 10 heavy (non-hydrogen) atoms. The molecule has 0 saturated heterocycles. The summed E-state index contributed by atoms with van der Waals surface area (Å²) in [6.45, 7) is 4.19. The largest absolute Gasteiger partial charge is 0.390 e. The van der Waals surface area contributed by atoms with Crippen molar-refractivity contribution < 1.29 is 5.11 Å². The van der Waals surface area contributed by atoms with Crippen molar-refractivity contribution in [3.05, 3.63) is 0 Å². The maximum Gasteiger partial charge on any atom is 0.0673 e. The van der Waals surface area contributed by atoms with Gasteiger partial charge in [0.2, 0.25) is 0 Å². The summed E-state index contributed by atoms with van der Waals surface area (Å²) >= 11 is 0. The number of hydrogen-bond donors (Lipinski definition) is 1. The van der Waals surface area contributed by atoms with Crippen LogP contribution in [-0.2, 0) is 0 Å². The van der Waals surface area contributed by atoms with Crippen LogP contribution >= 0.6 is 0 Å². The summed E-state index contributed by atoms with van der Waals surface area (Å²) in [7, 11) is 0. The summed E-state index contributed by atoms with van der Waals surface area (Å²) in [5.74, 6) is 2.12. The molecule has 2 atom stereocenters. The highest BCUT2D eigenvalue weighted by atomic mass is 16.3. The fraction of sp³-hybridized carbons (Fsp3) is 1.00. The molecule has 0 aromatic heterocycles. The third-order valence-electron chi connectivity index (χ3n) is 3.75. The fourth-order valence-corrected chi connectivity index (χ4v) is 2.55. The van der Waals surface area contributed by atoms with Crippen molar-refractivity contribution in [2.75, 3.05) is 0 Å². The Balaban J connectivity index is 2.16. The predicted molar refractivity (Wildman–Crippen MR) is 40.6 cm³/mol. The van der Waals surface area contributed by atoms with E-state index in [1.54, 1.807) is 0 Å². The SMILES string of the molecule is C[C@@H]1CC2CC(C2)[C@]1(C)O. The number of hydrogen-bond acceptors (Lipinski definition) is 1. The first kappa shape index (κ1) is 6.66. The molecule has 3 fully saturated rings. The molecular formula is C9H16O. The summed E-state index contributed by atoms with van der Waals surface area (Å²) in [6.07, 6.45) is 3.83. The van der Waals surface area contributed by atoms with Crippen molar-refractivity contribution in [3.63, 3.8) is 0 Å². The van der Waals surface area contributed by atoms with Crippen molar-refractivity contribution in [3.8, 4) is 0 Å². The Morgan fingerprint density at radius 3 is 2.20 bits per heavy atom. The van der Waals surface area contributed by atoms with Crippen LogP contribution in [0.15, 0.2) is 0 Å². The molecule has 3 aliphatic rings. The fourth-order valence-electron chi connectivity index (χ4n) is 2.55. The molecule has 0 amide bonds. The van der Waals surface area contributed by atoms with Crippen LogP contribution in [0.1, 0.15) is 33.1 Å². The standard InChI is InChI=1S/C9H16O/c1-6-3-7-4-8(5-7)9(6,2)10/h6-8,10H,3-5H2,1-2H3/t6-,7?,8?,9-/m1/s1. The molecule has 0 radical (unpaired) electrons. The zero-order valence-electron chi connectivity index (χ0n) is 6.80. The lowest BCUT2D eigenvalue weighted by Gasteiger charge is -2.54. The number of fused-ring (bicyclic) bond motifs is 2. The van der Waals surface area contributed by atoms with Crippen LogP contribution in [0.4, 0.5) is 0 Å². The van der Waals surface area contributed by atoms with E-state index < -0.39 is 0 Å². The second-order valence-electron chi connectivity index (χ2n) is 4.40. The minimum absolute atomic E-state index is 0.339. The first-order valence-corrected chi connectivity index (χ1v) is 4.33. The maximum absolute atomic E-state index is 9.95. The number of aliphatic hydroxyl groups is 1. The summed E-state index contributed by atoms with van der Waals surface area (Å²) in [6, 6.07) is 0. The lowest BCUT2D eigenvalue weighted by molar-refractivity contribution is -0.143. The third kappa shape index (κ3) is 0.672. The zero-order valence-corrected chi connectivity index (χ0v) is 6.80. The van der Waals surface area contributed by atoms with Crippen LogP contribution in [0.3, 0.4) is 0 Å². The van der Waals surface area contributed by atoms with E-state index in [2.05, 4.69) is 6.92 Å². The van der Waals surface area contributed by atoms with E-state index in [1.807, 2.05) is 6.92 Å². The minimum atomic E-state index is -0.339. The number of rotatable bonds is 0. The Kier molecular flexibility index (Phi) is 1.17. The van der Waals surface area contributed by atoms with Crippen LogP contribution < -0.4 is 0 Å². The Labute approximate surface area is 62.4 Å². The van der Waals surface area contributed by atoms with E-state index in [9.17, 15) is 5.11 Å². The van der Waals surface area contributed by atoms with Gasteiger partial charge in [0.1, 0.15) is 0 Å². The minimum Gasteiger partial charge on any atom is -0.390 e. The van der Waals surface area contributed by atoms with Crippen molar-refractivity contribution in [2.24, 2.45) is 17.8 Å². The first-order chi connectivity index (χ1) is 4.60. The second-order valence-corrected chi connectivity index (χ2v) is 4.40. The molecule has 3 saturated carbocycles. The molecule has 1 N–H and O–H groups in total. The van der Waals surface area contributed by atoms with E-state index in [4.69, 9.17) is 0 Å². The van der Waals surface area contributed by atoms with Gasteiger partial charge >= 0.3 is 0 Å². The van der Waals surface area contributed by atoms with Gasteiger partial charge in [0.15, 0.2) is 0 Å². The van der Waals surface area contributed by atoms with E-state index in [1.165, 1.54) is 19.3 Å². The van der Waals surface area contributed by atoms with Gasteiger partial charge < -0.3 is 5.11 Å². The molecule has 3 aliphatic carbocycles. The van der Waals surface area contributed by atoms with Gasteiger partial charge in [-0.3, -0.25) is 0 Å². The molecule has 1 heteroatoms. The van der Waals surface area contributed by atoms with Crippen molar-refractivity contribution in [2.45, 2.75) is 38.7 Å². The molecule has 0 aromatic rings. The predicted octanol–water partition coefficient (Wildman–Crippen LogP) is 1.80. The van der Waals surface area contributed by atoms with Gasteiger partial charge in [0.05, 0.1) is 5.60 Å². The molecule has 0 aliphatic heterocycles. The van der Waals surface area contributed by atoms with Crippen molar-refractivity contribution in [1.82, 2.24) is 0 Å². The van der Waals surface area contributed by atoms with Gasteiger partial charge in [-0.2, -0.15) is 0 Å². The van der Waals surface area contributed by atoms with Crippen molar-refractivity contribution >= 4 is 0 Å². The molecule has 0 aromatic carbocycles. The summed E-state index contributed by atoms with van der Waals surface area (Å²) in [4.78, 5) is 0. The highest BCUT2D eigenvalue weighted by Crippen LogP contribution is 2.53. The normalized spacial score (nSPS) is 59.7. The van der Waals surface area contributed by atoms with Gasteiger partial charge in [0, 0.05) is 0 Å². The molecule has 0 spiro atoms. The van der Waals surface area contributed by atoms with Gasteiger partial charge in [-0.25, -0.2) is 0 Å². The van der Waals surface area contributed by atoms with Crippen molar-refractivity contribution in [1.29, 1.82) is 0 Å². The summed E-state index contributed by atoms with van der Waals surface area (Å²) in [5, 5.41) is 9.95. The highest BCUT2D eigenvalue weighted by molar-refractivity contribution is 5.01. The molecule has 2 bridgehead atoms. The van der Waals surface area contributed by atoms with Gasteiger partial charge in [-0.15, -0.1) is 0 Å². The Morgan fingerprint density at radius 1 is 1.30 bits per heavy atom. The molecule has 58 valence electrons. The quantitative estimate of drug-likeness (QED) is 0.544. The third-order valence-corrected chi connectivity index (χ3v) is 3.75. The lowest BCUT2D eigenvalue weighted by Crippen LogP contribution is -2.53.